The lowest BCUT2D eigenvalue weighted by Crippen LogP contribution is -2.17. The number of aromatic nitrogens is 1. The van der Waals surface area contributed by atoms with Gasteiger partial charge in [0.2, 0.25) is 5.89 Å². The van der Waals surface area contributed by atoms with Crippen molar-refractivity contribution in [2.45, 2.75) is 39.0 Å². The molecule has 1 aliphatic carbocycles. The number of rotatable bonds is 7. The Morgan fingerprint density at radius 3 is 2.83 bits per heavy atom. The van der Waals surface area contributed by atoms with Crippen LogP contribution in [0.25, 0.3) is 11.5 Å². The average molecular weight is 391 g/mol. The van der Waals surface area contributed by atoms with E-state index in [4.69, 9.17) is 9.15 Å². The molecule has 0 bridgehead atoms. The Hall–Kier alpha value is -3.08. The maximum atomic E-state index is 11.3. The van der Waals surface area contributed by atoms with Gasteiger partial charge in [0.05, 0.1) is 18.2 Å². The Labute approximate surface area is 170 Å². The van der Waals surface area contributed by atoms with Crippen LogP contribution in [0.4, 0.5) is 0 Å². The summed E-state index contributed by atoms with van der Waals surface area (Å²) in [6, 6.07) is 15.9. The van der Waals surface area contributed by atoms with Crippen molar-refractivity contribution in [3.05, 3.63) is 71.1 Å². The first kappa shape index (κ1) is 19.2. The van der Waals surface area contributed by atoms with Crippen LogP contribution < -0.4 is 4.74 Å². The summed E-state index contributed by atoms with van der Waals surface area (Å²) in [5.41, 5.74) is 4.21. The molecule has 1 aliphatic rings. The van der Waals surface area contributed by atoms with Gasteiger partial charge in [-0.05, 0) is 61.1 Å². The fraction of sp³-hybridized carbons (Fsp3) is 0.333. The molecular formula is C24H25NO4. The Kier molecular flexibility index (Phi) is 5.38. The van der Waals surface area contributed by atoms with Crippen molar-refractivity contribution < 1.29 is 19.1 Å². The third kappa shape index (κ3) is 4.04. The second kappa shape index (κ2) is 8.11. The van der Waals surface area contributed by atoms with E-state index in [1.807, 2.05) is 49.4 Å². The first-order valence-corrected chi connectivity index (χ1v) is 10.0. The number of hydrogen-bond acceptors (Lipinski definition) is 4. The first-order valence-electron chi connectivity index (χ1n) is 10.0. The summed E-state index contributed by atoms with van der Waals surface area (Å²) >= 11 is 0. The minimum atomic E-state index is -0.735. The molecule has 2 atom stereocenters. The number of oxazole rings is 1. The van der Waals surface area contributed by atoms with Crippen LogP contribution in [0.3, 0.4) is 0 Å². The fourth-order valence-corrected chi connectivity index (χ4v) is 4.04. The predicted molar refractivity (Wildman–Crippen MR) is 110 cm³/mol. The molecule has 0 radical (unpaired) electrons. The van der Waals surface area contributed by atoms with Crippen LogP contribution in [-0.2, 0) is 17.6 Å². The van der Waals surface area contributed by atoms with Crippen molar-refractivity contribution in [2.75, 3.05) is 6.61 Å². The van der Waals surface area contributed by atoms with Gasteiger partial charge in [-0.15, -0.1) is 0 Å². The van der Waals surface area contributed by atoms with E-state index in [0.717, 1.165) is 41.2 Å². The SMILES string of the molecule is Cc1oc(-c2ccccc2)nc1CCOc1ccc2c(c1)CC[C@@H]2C(C)C(=O)O. The Morgan fingerprint density at radius 1 is 1.28 bits per heavy atom. The van der Waals surface area contributed by atoms with Crippen molar-refractivity contribution in [1.82, 2.24) is 4.98 Å². The highest BCUT2D eigenvalue weighted by Crippen LogP contribution is 2.39. The molecule has 5 nitrogen and oxygen atoms in total. The van der Waals surface area contributed by atoms with E-state index in [1.54, 1.807) is 6.92 Å². The number of carbonyl (C=O) groups is 1. The number of aryl methyl sites for hydroxylation is 2. The van der Waals surface area contributed by atoms with Crippen LogP contribution in [-0.4, -0.2) is 22.7 Å². The van der Waals surface area contributed by atoms with Crippen LogP contribution in [0, 0.1) is 12.8 Å². The lowest BCUT2D eigenvalue weighted by Gasteiger charge is -2.16. The largest absolute Gasteiger partial charge is 0.493 e. The second-order valence-electron chi connectivity index (χ2n) is 7.62. The zero-order chi connectivity index (χ0) is 20.4. The van der Waals surface area contributed by atoms with Gasteiger partial charge in [0, 0.05) is 12.0 Å². The van der Waals surface area contributed by atoms with Gasteiger partial charge in [-0.2, -0.15) is 0 Å². The van der Waals surface area contributed by atoms with Crippen molar-refractivity contribution >= 4 is 5.97 Å². The third-order valence-electron chi connectivity index (χ3n) is 5.75. The highest BCUT2D eigenvalue weighted by Gasteiger charge is 2.31. The number of aliphatic carboxylic acids is 1. The highest BCUT2D eigenvalue weighted by molar-refractivity contribution is 5.71. The molecule has 4 rings (SSSR count). The standard InChI is InChI=1S/C24H25NO4/c1-15(24(26)27)20-10-8-18-14-19(9-11-21(18)20)28-13-12-22-16(2)29-23(25-22)17-6-4-3-5-7-17/h3-7,9,11,14-15,20H,8,10,12-13H2,1-2H3,(H,26,27)/t15?,20-/m1/s1. The Balaban J connectivity index is 1.39. The normalized spacial score (nSPS) is 16.4. The molecule has 3 aromatic rings. The summed E-state index contributed by atoms with van der Waals surface area (Å²) in [7, 11) is 0. The number of carboxylic acid groups (broad SMARTS) is 1. The van der Waals surface area contributed by atoms with Gasteiger partial charge in [-0.25, -0.2) is 4.98 Å². The molecule has 0 fully saturated rings. The number of benzene rings is 2. The van der Waals surface area contributed by atoms with Gasteiger partial charge in [-0.1, -0.05) is 31.2 Å². The quantitative estimate of drug-likeness (QED) is 0.612. The molecule has 0 saturated carbocycles. The van der Waals surface area contributed by atoms with Gasteiger partial charge < -0.3 is 14.3 Å². The number of carboxylic acids is 1. The van der Waals surface area contributed by atoms with Crippen LogP contribution in [0.15, 0.2) is 52.9 Å². The Morgan fingerprint density at radius 2 is 2.07 bits per heavy atom. The lowest BCUT2D eigenvalue weighted by molar-refractivity contribution is -0.141. The second-order valence-corrected chi connectivity index (χ2v) is 7.62. The fourth-order valence-electron chi connectivity index (χ4n) is 4.04. The molecule has 1 heterocycles. The van der Waals surface area contributed by atoms with Gasteiger partial charge >= 0.3 is 5.97 Å². The summed E-state index contributed by atoms with van der Waals surface area (Å²) in [4.78, 5) is 15.9. The van der Waals surface area contributed by atoms with Gasteiger partial charge in [0.25, 0.3) is 0 Å². The molecule has 29 heavy (non-hydrogen) atoms. The molecule has 1 aromatic heterocycles. The summed E-state index contributed by atoms with van der Waals surface area (Å²) in [6.45, 7) is 4.22. The topological polar surface area (TPSA) is 72.6 Å². The van der Waals surface area contributed by atoms with Crippen LogP contribution in [0.5, 0.6) is 5.75 Å². The number of ether oxygens (including phenoxy) is 1. The summed E-state index contributed by atoms with van der Waals surface area (Å²) in [5.74, 6) is 1.25. The molecule has 0 aliphatic heterocycles. The Bertz CT molecular complexity index is 1010. The maximum absolute atomic E-state index is 11.3. The van der Waals surface area contributed by atoms with E-state index < -0.39 is 5.97 Å². The monoisotopic (exact) mass is 391 g/mol. The van der Waals surface area contributed by atoms with Gasteiger partial charge in [-0.3, -0.25) is 4.79 Å². The highest BCUT2D eigenvalue weighted by atomic mass is 16.5. The third-order valence-corrected chi connectivity index (χ3v) is 5.75. The minimum absolute atomic E-state index is 0.0886. The van der Waals surface area contributed by atoms with E-state index >= 15 is 0 Å². The molecule has 0 spiro atoms. The van der Waals surface area contributed by atoms with E-state index in [-0.39, 0.29) is 11.8 Å². The van der Waals surface area contributed by atoms with Crippen LogP contribution in [0.1, 0.15) is 41.8 Å². The van der Waals surface area contributed by atoms with Crippen LogP contribution in [0.2, 0.25) is 0 Å². The van der Waals surface area contributed by atoms with Crippen LogP contribution >= 0.6 is 0 Å². The molecule has 1 unspecified atom stereocenters. The molecule has 1 N–H and O–H groups in total. The number of fused-ring (bicyclic) bond motifs is 1. The van der Waals surface area contributed by atoms with Crippen molar-refractivity contribution in [3.8, 4) is 17.2 Å². The van der Waals surface area contributed by atoms with Crippen molar-refractivity contribution in [1.29, 1.82) is 0 Å². The smallest absolute Gasteiger partial charge is 0.306 e. The molecule has 150 valence electrons. The predicted octanol–water partition coefficient (Wildman–Crippen LogP) is 5.02. The summed E-state index contributed by atoms with van der Waals surface area (Å²) in [6.07, 6.45) is 2.45. The zero-order valence-electron chi connectivity index (χ0n) is 16.7. The van der Waals surface area contributed by atoms with Crippen molar-refractivity contribution in [3.63, 3.8) is 0 Å². The molecule has 5 heteroatoms. The number of hydrogen-bond donors (Lipinski definition) is 1. The number of nitrogens with zero attached hydrogens (tertiary/aromatic N) is 1. The molecule has 0 amide bonds. The molecular weight excluding hydrogens is 366 g/mol. The maximum Gasteiger partial charge on any atom is 0.306 e. The lowest BCUT2D eigenvalue weighted by atomic mass is 9.89. The summed E-state index contributed by atoms with van der Waals surface area (Å²) in [5, 5.41) is 9.31. The first-order chi connectivity index (χ1) is 14.0. The van der Waals surface area contributed by atoms with Gasteiger partial charge in [0.15, 0.2) is 0 Å². The van der Waals surface area contributed by atoms with E-state index in [0.29, 0.717) is 18.9 Å². The zero-order valence-corrected chi connectivity index (χ0v) is 16.7. The van der Waals surface area contributed by atoms with E-state index in [9.17, 15) is 9.90 Å². The average Bonchev–Trinajstić information content (AvgIpc) is 3.31. The van der Waals surface area contributed by atoms with E-state index in [1.165, 1.54) is 5.56 Å². The minimum Gasteiger partial charge on any atom is -0.493 e. The summed E-state index contributed by atoms with van der Waals surface area (Å²) < 4.78 is 11.8. The molecule has 0 saturated heterocycles. The van der Waals surface area contributed by atoms with E-state index in [2.05, 4.69) is 11.1 Å². The van der Waals surface area contributed by atoms with Gasteiger partial charge in [0.1, 0.15) is 11.5 Å². The molecule has 2 aromatic carbocycles. The van der Waals surface area contributed by atoms with Crippen molar-refractivity contribution in [2.24, 2.45) is 5.92 Å².